The van der Waals surface area contributed by atoms with E-state index in [4.69, 9.17) is 16.3 Å². The third-order valence-electron chi connectivity index (χ3n) is 3.54. The molecule has 1 nitrogen and oxygen atoms in total. The van der Waals surface area contributed by atoms with Gasteiger partial charge in [0, 0.05) is 5.02 Å². The lowest BCUT2D eigenvalue weighted by Gasteiger charge is -2.08. The minimum absolute atomic E-state index is 0.552. The maximum atomic E-state index is 5.96. The number of aryl methyl sites for hydroxylation is 1. The summed E-state index contributed by atoms with van der Waals surface area (Å²) >= 11 is 5.96. The molecule has 0 radical (unpaired) electrons. The van der Waals surface area contributed by atoms with Gasteiger partial charge in [0.15, 0.2) is 0 Å². The molecule has 0 atom stereocenters. The summed E-state index contributed by atoms with van der Waals surface area (Å²) in [6.45, 7) is 2.79. The molecule has 0 unspecified atom stereocenters. The fourth-order valence-corrected chi connectivity index (χ4v) is 2.51. The van der Waals surface area contributed by atoms with E-state index in [-0.39, 0.29) is 0 Å². The summed E-state index contributed by atoms with van der Waals surface area (Å²) in [5.41, 5.74) is 2.48. The van der Waals surface area contributed by atoms with Crippen molar-refractivity contribution in [3.63, 3.8) is 0 Å². The number of halogens is 1. The molecule has 21 heavy (non-hydrogen) atoms. The Morgan fingerprint density at radius 3 is 2.43 bits per heavy atom. The first-order valence-corrected chi connectivity index (χ1v) is 8.12. The largest absolute Gasteiger partial charge is 0.489 e. The number of hydrogen-bond acceptors (Lipinski definition) is 1. The van der Waals surface area contributed by atoms with Crippen LogP contribution in [-0.2, 0) is 13.0 Å². The second kappa shape index (κ2) is 8.74. The lowest BCUT2D eigenvalue weighted by atomic mass is 10.1. The average Bonchev–Trinajstić information content (AvgIpc) is 2.51. The maximum Gasteiger partial charge on any atom is 0.119 e. The van der Waals surface area contributed by atoms with E-state index < -0.39 is 0 Å². The zero-order valence-corrected chi connectivity index (χ0v) is 13.4. The van der Waals surface area contributed by atoms with Crippen LogP contribution in [0.15, 0.2) is 48.5 Å². The first kappa shape index (κ1) is 15.9. The topological polar surface area (TPSA) is 9.23 Å². The van der Waals surface area contributed by atoms with Gasteiger partial charge < -0.3 is 4.74 Å². The van der Waals surface area contributed by atoms with Gasteiger partial charge in [0.25, 0.3) is 0 Å². The van der Waals surface area contributed by atoms with Crippen molar-refractivity contribution >= 4 is 11.6 Å². The van der Waals surface area contributed by atoms with Gasteiger partial charge >= 0.3 is 0 Å². The van der Waals surface area contributed by atoms with Crippen molar-refractivity contribution in [3.05, 3.63) is 64.7 Å². The van der Waals surface area contributed by atoms with E-state index in [1.807, 2.05) is 24.3 Å². The lowest BCUT2D eigenvalue weighted by molar-refractivity contribution is 0.306. The van der Waals surface area contributed by atoms with Crippen molar-refractivity contribution in [2.75, 3.05) is 0 Å². The van der Waals surface area contributed by atoms with Crippen LogP contribution in [0.1, 0.15) is 43.7 Å². The van der Waals surface area contributed by atoms with Crippen LogP contribution in [0.2, 0.25) is 5.02 Å². The van der Waals surface area contributed by atoms with E-state index in [1.165, 1.54) is 31.2 Å². The van der Waals surface area contributed by atoms with Crippen molar-refractivity contribution in [1.82, 2.24) is 0 Å². The Balaban J connectivity index is 1.79. The van der Waals surface area contributed by atoms with Crippen molar-refractivity contribution in [2.45, 2.75) is 45.6 Å². The Morgan fingerprint density at radius 2 is 1.71 bits per heavy atom. The summed E-state index contributed by atoms with van der Waals surface area (Å²) in [4.78, 5) is 0. The molecular weight excluding hydrogens is 280 g/mol. The van der Waals surface area contributed by atoms with Gasteiger partial charge in [0.05, 0.1) is 0 Å². The average molecular weight is 303 g/mol. The predicted octanol–water partition coefficient (Wildman–Crippen LogP) is 6.04. The summed E-state index contributed by atoms with van der Waals surface area (Å²) < 4.78 is 5.79. The van der Waals surface area contributed by atoms with Crippen LogP contribution in [0.5, 0.6) is 5.75 Å². The zero-order valence-electron chi connectivity index (χ0n) is 12.6. The van der Waals surface area contributed by atoms with E-state index in [2.05, 4.69) is 31.2 Å². The van der Waals surface area contributed by atoms with E-state index >= 15 is 0 Å². The summed E-state index contributed by atoms with van der Waals surface area (Å²) in [6, 6.07) is 16.2. The highest BCUT2D eigenvalue weighted by Gasteiger charge is 1.98. The van der Waals surface area contributed by atoms with Gasteiger partial charge in [-0.3, -0.25) is 0 Å². The molecule has 0 saturated carbocycles. The number of hydrogen-bond donors (Lipinski definition) is 0. The van der Waals surface area contributed by atoms with Crippen LogP contribution in [-0.4, -0.2) is 0 Å². The van der Waals surface area contributed by atoms with Crippen LogP contribution in [0, 0.1) is 0 Å². The standard InChI is InChI=1S/C19H23ClO/c1-2-3-4-5-7-16-10-12-19(13-11-16)21-15-17-8-6-9-18(20)14-17/h6,8-14H,2-5,7,15H2,1H3. The first-order valence-electron chi connectivity index (χ1n) is 7.74. The quantitative estimate of drug-likeness (QED) is 0.540. The molecule has 0 N–H and O–H groups in total. The first-order chi connectivity index (χ1) is 10.3. The molecule has 0 amide bonds. The van der Waals surface area contributed by atoms with Crippen LogP contribution in [0.4, 0.5) is 0 Å². The second-order valence-electron chi connectivity index (χ2n) is 5.37. The van der Waals surface area contributed by atoms with Crippen LogP contribution >= 0.6 is 11.6 Å². The molecule has 0 fully saturated rings. The normalized spacial score (nSPS) is 10.6. The van der Waals surface area contributed by atoms with Gasteiger partial charge in [-0.2, -0.15) is 0 Å². The molecule has 112 valence electrons. The zero-order chi connectivity index (χ0) is 14.9. The molecule has 0 aliphatic rings. The second-order valence-corrected chi connectivity index (χ2v) is 5.81. The SMILES string of the molecule is CCCCCCc1ccc(OCc2cccc(Cl)c2)cc1. The molecule has 0 heterocycles. The smallest absolute Gasteiger partial charge is 0.119 e. The summed E-state index contributed by atoms with van der Waals surface area (Å²) in [7, 11) is 0. The fourth-order valence-electron chi connectivity index (χ4n) is 2.30. The monoisotopic (exact) mass is 302 g/mol. The van der Waals surface area contributed by atoms with Gasteiger partial charge in [-0.1, -0.05) is 62.1 Å². The van der Waals surface area contributed by atoms with Gasteiger partial charge in [0.1, 0.15) is 12.4 Å². The molecule has 2 rings (SSSR count). The highest BCUT2D eigenvalue weighted by atomic mass is 35.5. The predicted molar refractivity (Wildman–Crippen MR) is 90.1 cm³/mol. The van der Waals surface area contributed by atoms with Crippen molar-refractivity contribution in [1.29, 1.82) is 0 Å². The number of rotatable bonds is 8. The van der Waals surface area contributed by atoms with Gasteiger partial charge in [-0.05, 0) is 48.2 Å². The van der Waals surface area contributed by atoms with Crippen molar-refractivity contribution < 1.29 is 4.74 Å². The lowest BCUT2D eigenvalue weighted by Crippen LogP contribution is -1.95. The molecule has 2 aromatic carbocycles. The number of benzene rings is 2. The van der Waals surface area contributed by atoms with Crippen LogP contribution < -0.4 is 4.74 Å². The molecule has 0 bridgehead atoms. The molecule has 0 saturated heterocycles. The van der Waals surface area contributed by atoms with Crippen molar-refractivity contribution in [3.8, 4) is 5.75 Å². The fraction of sp³-hybridized carbons (Fsp3) is 0.368. The van der Waals surface area contributed by atoms with Crippen molar-refractivity contribution in [2.24, 2.45) is 0 Å². The molecule has 0 aromatic heterocycles. The third-order valence-corrected chi connectivity index (χ3v) is 3.77. The Kier molecular flexibility index (Phi) is 6.62. The third kappa shape index (κ3) is 5.81. The Bertz CT molecular complexity index is 534. The molecule has 2 aromatic rings. The molecule has 0 aliphatic carbocycles. The molecule has 0 aliphatic heterocycles. The number of unbranched alkanes of at least 4 members (excludes halogenated alkanes) is 3. The summed E-state index contributed by atoms with van der Waals surface area (Å²) in [5, 5.41) is 0.749. The van der Waals surface area contributed by atoms with E-state index in [0.717, 1.165) is 22.8 Å². The summed E-state index contributed by atoms with van der Waals surface area (Å²) in [6.07, 6.45) is 6.38. The van der Waals surface area contributed by atoms with E-state index in [1.54, 1.807) is 0 Å². The van der Waals surface area contributed by atoms with Gasteiger partial charge in [-0.25, -0.2) is 0 Å². The van der Waals surface area contributed by atoms with E-state index in [0.29, 0.717) is 6.61 Å². The molecule has 2 heteroatoms. The van der Waals surface area contributed by atoms with E-state index in [9.17, 15) is 0 Å². The summed E-state index contributed by atoms with van der Waals surface area (Å²) in [5.74, 6) is 0.910. The number of ether oxygens (including phenoxy) is 1. The maximum absolute atomic E-state index is 5.96. The minimum Gasteiger partial charge on any atom is -0.489 e. The Morgan fingerprint density at radius 1 is 0.905 bits per heavy atom. The highest BCUT2D eigenvalue weighted by Crippen LogP contribution is 2.17. The Hall–Kier alpha value is -1.47. The van der Waals surface area contributed by atoms with Gasteiger partial charge in [-0.15, -0.1) is 0 Å². The van der Waals surface area contributed by atoms with Crippen LogP contribution in [0.25, 0.3) is 0 Å². The minimum atomic E-state index is 0.552. The highest BCUT2D eigenvalue weighted by molar-refractivity contribution is 6.30. The Labute approximate surface area is 132 Å². The molecular formula is C19H23ClO. The van der Waals surface area contributed by atoms with Crippen LogP contribution in [0.3, 0.4) is 0 Å². The molecule has 0 spiro atoms. The van der Waals surface area contributed by atoms with Gasteiger partial charge in [0.2, 0.25) is 0 Å².